The monoisotopic (exact) mass is 261 g/mol. The molecule has 0 unspecified atom stereocenters. The molecule has 0 aliphatic heterocycles. The maximum atomic E-state index is 11.3. The molecule has 0 fully saturated rings. The van der Waals surface area contributed by atoms with Gasteiger partial charge in [0.1, 0.15) is 4.90 Å². The van der Waals surface area contributed by atoms with Crippen molar-refractivity contribution >= 4 is 39.2 Å². The van der Waals surface area contributed by atoms with Crippen molar-refractivity contribution in [2.75, 3.05) is 7.11 Å². The van der Waals surface area contributed by atoms with Crippen molar-refractivity contribution in [3.05, 3.63) is 21.1 Å². The summed E-state index contributed by atoms with van der Waals surface area (Å²) in [4.78, 5) is 32.3. The maximum Gasteiger partial charge on any atom is 0.340 e. The molecule has 1 heterocycles. The number of thioether (sulfide) groups is 1. The molecule has 0 N–H and O–H groups in total. The van der Waals surface area contributed by atoms with Crippen LogP contribution in [-0.2, 0) is 9.53 Å². The summed E-state index contributed by atoms with van der Waals surface area (Å²) >= 11 is 1.46. The van der Waals surface area contributed by atoms with E-state index in [-0.39, 0.29) is 20.6 Å². The SMILES string of the molecule is COC(=O)c1csc([N+](=O)[O-])c1SC(C)=O. The van der Waals surface area contributed by atoms with Crippen LogP contribution in [0.25, 0.3) is 0 Å². The highest BCUT2D eigenvalue weighted by Gasteiger charge is 2.27. The maximum absolute atomic E-state index is 11.3. The number of carbonyl (C=O) groups excluding carboxylic acids is 2. The van der Waals surface area contributed by atoms with Gasteiger partial charge in [-0.3, -0.25) is 14.9 Å². The Morgan fingerprint density at radius 3 is 2.62 bits per heavy atom. The summed E-state index contributed by atoms with van der Waals surface area (Å²) in [5.41, 5.74) is 0.0550. The highest BCUT2D eigenvalue weighted by atomic mass is 32.2. The lowest BCUT2D eigenvalue weighted by Gasteiger charge is -1.98. The average Bonchev–Trinajstić information content (AvgIpc) is 2.59. The van der Waals surface area contributed by atoms with Crippen LogP contribution in [0.2, 0.25) is 0 Å². The van der Waals surface area contributed by atoms with Crippen molar-refractivity contribution in [1.29, 1.82) is 0 Å². The Morgan fingerprint density at radius 2 is 2.19 bits per heavy atom. The first kappa shape index (κ1) is 12.7. The molecular weight excluding hydrogens is 254 g/mol. The standard InChI is InChI=1S/C8H7NO5S2/c1-4(10)16-6-5(8(11)14-2)3-15-7(6)9(12)13/h3H,1-2H3. The Labute approximate surface area is 98.7 Å². The minimum Gasteiger partial charge on any atom is -0.465 e. The van der Waals surface area contributed by atoms with Gasteiger partial charge in [-0.05, 0) is 11.8 Å². The van der Waals surface area contributed by atoms with Gasteiger partial charge in [0.15, 0.2) is 5.12 Å². The minimum atomic E-state index is -0.687. The molecule has 0 aromatic carbocycles. The van der Waals surface area contributed by atoms with E-state index in [1.807, 2.05) is 0 Å². The number of nitrogens with zero attached hydrogens (tertiary/aromatic N) is 1. The van der Waals surface area contributed by atoms with Gasteiger partial charge in [-0.2, -0.15) is 0 Å². The van der Waals surface area contributed by atoms with Gasteiger partial charge in [0, 0.05) is 12.3 Å². The van der Waals surface area contributed by atoms with Crippen LogP contribution in [0, 0.1) is 10.1 Å². The van der Waals surface area contributed by atoms with Crippen molar-refractivity contribution in [1.82, 2.24) is 0 Å². The summed E-state index contributed by atoms with van der Waals surface area (Å²) in [6.45, 7) is 1.27. The van der Waals surface area contributed by atoms with Crippen LogP contribution >= 0.6 is 23.1 Å². The second-order valence-electron chi connectivity index (χ2n) is 2.63. The van der Waals surface area contributed by atoms with E-state index in [0.717, 1.165) is 11.3 Å². The topological polar surface area (TPSA) is 86.5 Å². The van der Waals surface area contributed by atoms with Crippen molar-refractivity contribution in [2.24, 2.45) is 0 Å². The summed E-state index contributed by atoms with van der Waals surface area (Å²) in [5, 5.41) is 11.4. The molecule has 8 heteroatoms. The van der Waals surface area contributed by atoms with Gasteiger partial charge in [-0.15, -0.1) is 0 Å². The van der Waals surface area contributed by atoms with Gasteiger partial charge in [-0.1, -0.05) is 11.3 Å². The molecule has 86 valence electrons. The molecule has 1 aromatic heterocycles. The number of rotatable bonds is 3. The van der Waals surface area contributed by atoms with Crippen LogP contribution in [0.1, 0.15) is 17.3 Å². The quantitative estimate of drug-likeness (QED) is 0.358. The molecule has 0 bridgehead atoms. The van der Waals surface area contributed by atoms with E-state index in [1.54, 1.807) is 0 Å². The molecule has 0 atom stereocenters. The molecule has 0 aliphatic rings. The number of nitro groups is 1. The van der Waals surface area contributed by atoms with Gasteiger partial charge in [-0.25, -0.2) is 4.79 Å². The molecule has 0 spiro atoms. The highest BCUT2D eigenvalue weighted by Crippen LogP contribution is 2.38. The fourth-order valence-corrected chi connectivity index (χ4v) is 2.75. The first-order valence-corrected chi connectivity index (χ1v) is 5.69. The van der Waals surface area contributed by atoms with Gasteiger partial charge in [0.05, 0.1) is 17.6 Å². The van der Waals surface area contributed by atoms with Crippen molar-refractivity contribution < 1.29 is 19.2 Å². The van der Waals surface area contributed by atoms with Crippen LogP contribution < -0.4 is 0 Å². The Morgan fingerprint density at radius 1 is 1.56 bits per heavy atom. The third-order valence-corrected chi connectivity index (χ3v) is 3.51. The Balaban J connectivity index is 3.24. The average molecular weight is 261 g/mol. The number of hydrogen-bond acceptors (Lipinski definition) is 7. The largest absolute Gasteiger partial charge is 0.465 e. The predicted molar refractivity (Wildman–Crippen MR) is 58.9 cm³/mol. The van der Waals surface area contributed by atoms with Crippen molar-refractivity contribution in [3.63, 3.8) is 0 Å². The van der Waals surface area contributed by atoms with Crippen molar-refractivity contribution in [2.45, 2.75) is 11.8 Å². The first-order chi connectivity index (χ1) is 7.47. The Kier molecular flexibility index (Phi) is 4.02. The van der Waals surface area contributed by atoms with Gasteiger partial charge in [0.2, 0.25) is 0 Å². The lowest BCUT2D eigenvalue weighted by atomic mass is 10.3. The normalized spacial score (nSPS) is 9.88. The Bertz CT molecular complexity index is 453. The zero-order chi connectivity index (χ0) is 12.3. The lowest BCUT2D eigenvalue weighted by molar-refractivity contribution is -0.382. The molecule has 0 aliphatic carbocycles. The van der Waals surface area contributed by atoms with E-state index < -0.39 is 10.9 Å². The third kappa shape index (κ3) is 2.58. The van der Waals surface area contributed by atoms with Gasteiger partial charge in [0.25, 0.3) is 0 Å². The number of ether oxygens (including phenoxy) is 1. The molecule has 1 rings (SSSR count). The first-order valence-electron chi connectivity index (χ1n) is 4.00. The zero-order valence-corrected chi connectivity index (χ0v) is 10.0. The zero-order valence-electron chi connectivity index (χ0n) is 8.38. The minimum absolute atomic E-state index is 0.0503. The summed E-state index contributed by atoms with van der Waals surface area (Å²) < 4.78 is 4.47. The summed E-state index contributed by atoms with van der Waals surface area (Å²) in [7, 11) is 1.17. The fraction of sp³-hybridized carbons (Fsp3) is 0.250. The van der Waals surface area contributed by atoms with E-state index in [4.69, 9.17) is 0 Å². The van der Waals surface area contributed by atoms with Crippen LogP contribution in [0.4, 0.5) is 5.00 Å². The number of esters is 1. The van der Waals surface area contributed by atoms with Gasteiger partial charge < -0.3 is 4.74 Å². The van der Waals surface area contributed by atoms with E-state index >= 15 is 0 Å². The second kappa shape index (κ2) is 5.08. The number of methoxy groups -OCH3 is 1. The van der Waals surface area contributed by atoms with Crippen LogP contribution in [0.5, 0.6) is 0 Å². The van der Waals surface area contributed by atoms with Crippen molar-refractivity contribution in [3.8, 4) is 0 Å². The predicted octanol–water partition coefficient (Wildman–Crippen LogP) is 2.08. The van der Waals surface area contributed by atoms with Gasteiger partial charge >= 0.3 is 11.0 Å². The molecular formula is C8H7NO5S2. The molecule has 6 nitrogen and oxygen atoms in total. The molecule has 0 saturated carbocycles. The number of hydrogen-bond donors (Lipinski definition) is 0. The summed E-state index contributed by atoms with van der Waals surface area (Å²) in [5.74, 6) is -0.687. The molecule has 1 aromatic rings. The molecule has 0 saturated heterocycles. The number of thiophene rings is 1. The summed E-state index contributed by atoms with van der Waals surface area (Å²) in [6.07, 6.45) is 0. The summed E-state index contributed by atoms with van der Waals surface area (Å²) in [6, 6.07) is 0. The van der Waals surface area contributed by atoms with E-state index in [9.17, 15) is 19.7 Å². The number of carbonyl (C=O) groups is 2. The van der Waals surface area contributed by atoms with Crippen LogP contribution in [0.3, 0.4) is 0 Å². The lowest BCUT2D eigenvalue weighted by Crippen LogP contribution is -2.02. The highest BCUT2D eigenvalue weighted by molar-refractivity contribution is 8.13. The van der Waals surface area contributed by atoms with Crippen LogP contribution in [-0.4, -0.2) is 23.1 Å². The molecule has 0 radical (unpaired) electrons. The molecule has 16 heavy (non-hydrogen) atoms. The van der Waals surface area contributed by atoms with Crippen LogP contribution in [0.15, 0.2) is 10.3 Å². The van der Waals surface area contributed by atoms with E-state index in [2.05, 4.69) is 4.74 Å². The Hall–Kier alpha value is -1.41. The smallest absolute Gasteiger partial charge is 0.340 e. The third-order valence-electron chi connectivity index (χ3n) is 1.54. The fourth-order valence-electron chi connectivity index (χ4n) is 0.956. The second-order valence-corrected chi connectivity index (χ2v) is 4.67. The van der Waals surface area contributed by atoms with E-state index in [1.165, 1.54) is 19.4 Å². The van der Waals surface area contributed by atoms with E-state index in [0.29, 0.717) is 11.8 Å². The molecule has 0 amide bonds.